The predicted molar refractivity (Wildman–Crippen MR) is 68.0 cm³/mol. The van der Waals surface area contributed by atoms with E-state index in [1.165, 1.54) is 5.56 Å². The summed E-state index contributed by atoms with van der Waals surface area (Å²) >= 11 is 0. The number of rotatable bonds is 5. The van der Waals surface area contributed by atoms with Gasteiger partial charge in [-0.1, -0.05) is 50.3 Å². The van der Waals surface area contributed by atoms with Crippen LogP contribution in [0.5, 0.6) is 0 Å². The quantitative estimate of drug-likeness (QED) is 0.541. The molecular weight excluding hydrogens is 198 g/mol. The van der Waals surface area contributed by atoms with Crippen LogP contribution in [0.25, 0.3) is 0 Å². The molecule has 0 aliphatic carbocycles. The van der Waals surface area contributed by atoms with Crippen molar-refractivity contribution >= 4 is 9.68 Å². The molecular formula is C13H19NSi. The molecule has 1 unspecified atom stereocenters. The van der Waals surface area contributed by atoms with E-state index in [1.807, 2.05) is 6.08 Å². The fraction of sp³-hybridized carbons (Fsp3) is 0.385. The van der Waals surface area contributed by atoms with Crippen molar-refractivity contribution in [2.24, 2.45) is 0 Å². The van der Waals surface area contributed by atoms with Crippen LogP contribution in [0.4, 0.5) is 0 Å². The summed E-state index contributed by atoms with van der Waals surface area (Å²) in [5.74, 6) is 0. The van der Waals surface area contributed by atoms with Crippen LogP contribution in [0.1, 0.15) is 25.0 Å². The van der Waals surface area contributed by atoms with Crippen molar-refractivity contribution in [3.05, 3.63) is 48.6 Å². The number of hydrogen-bond donors (Lipinski definition) is 0. The third-order valence-corrected chi connectivity index (χ3v) is 4.28. The van der Waals surface area contributed by atoms with E-state index in [-0.39, 0.29) is 0 Å². The van der Waals surface area contributed by atoms with Crippen molar-refractivity contribution in [3.8, 4) is 0 Å². The third-order valence-electron chi connectivity index (χ3n) is 2.51. The summed E-state index contributed by atoms with van der Waals surface area (Å²) in [6, 6.07) is 11.2. The lowest BCUT2D eigenvalue weighted by molar-refractivity contribution is 0.438. The Morgan fingerprint density at radius 1 is 1.27 bits per heavy atom. The molecule has 0 aliphatic heterocycles. The molecule has 0 bridgehead atoms. The van der Waals surface area contributed by atoms with Gasteiger partial charge in [0.15, 0.2) is 9.68 Å². The smallest absolute Gasteiger partial charge is 0.154 e. The largest absolute Gasteiger partial charge is 0.325 e. The normalized spacial score (nSPS) is 13.1. The monoisotopic (exact) mass is 217 g/mol. The molecule has 0 N–H and O–H groups in total. The summed E-state index contributed by atoms with van der Waals surface area (Å²) < 4.78 is 2.37. The first-order chi connectivity index (χ1) is 7.15. The lowest BCUT2D eigenvalue weighted by atomic mass is 10.1. The molecule has 0 fully saturated rings. The van der Waals surface area contributed by atoms with E-state index in [9.17, 15) is 0 Å². The Labute approximate surface area is 95.7 Å². The zero-order valence-corrected chi connectivity index (χ0v) is 10.8. The van der Waals surface area contributed by atoms with Crippen LogP contribution in [-0.4, -0.2) is 27.3 Å². The number of allylic oxidation sites excluding steroid dienone is 1. The second-order valence-corrected chi connectivity index (χ2v) is 5.54. The Morgan fingerprint density at radius 2 is 1.87 bits per heavy atom. The minimum atomic E-state index is 0.457. The van der Waals surface area contributed by atoms with E-state index in [2.05, 4.69) is 62.4 Å². The van der Waals surface area contributed by atoms with E-state index in [1.54, 1.807) is 0 Å². The molecule has 0 saturated carbocycles. The van der Waals surface area contributed by atoms with E-state index in [0.29, 0.717) is 11.6 Å². The van der Waals surface area contributed by atoms with Crippen molar-refractivity contribution in [2.45, 2.75) is 25.4 Å². The van der Waals surface area contributed by atoms with Crippen LogP contribution in [0.2, 0.25) is 0 Å². The van der Waals surface area contributed by atoms with Crippen LogP contribution < -0.4 is 0 Å². The standard InChI is InChI=1S/C13H19NSi/c1-5-13(15-14(4)11(2)3)12-9-7-6-8-10-12/h5-11,13H,1H2,2-4H3. The number of benzene rings is 1. The summed E-state index contributed by atoms with van der Waals surface area (Å²) in [5.41, 5.74) is 1.82. The second-order valence-electron chi connectivity index (χ2n) is 3.96. The molecule has 1 atom stereocenters. The van der Waals surface area contributed by atoms with Gasteiger partial charge in [0, 0.05) is 5.54 Å². The highest BCUT2D eigenvalue weighted by molar-refractivity contribution is 6.35. The summed E-state index contributed by atoms with van der Waals surface area (Å²) in [6.45, 7) is 8.37. The minimum Gasteiger partial charge on any atom is -0.325 e. The molecule has 2 heteroatoms. The van der Waals surface area contributed by atoms with Crippen LogP contribution in [0, 0.1) is 0 Å². The zero-order valence-electron chi connectivity index (χ0n) is 9.77. The van der Waals surface area contributed by atoms with E-state index >= 15 is 0 Å². The van der Waals surface area contributed by atoms with Gasteiger partial charge in [0.25, 0.3) is 0 Å². The van der Waals surface area contributed by atoms with Gasteiger partial charge in [-0.15, -0.1) is 6.58 Å². The molecule has 2 radical (unpaired) electrons. The lowest BCUT2D eigenvalue weighted by Gasteiger charge is -2.24. The highest BCUT2D eigenvalue weighted by atomic mass is 28.2. The van der Waals surface area contributed by atoms with Gasteiger partial charge >= 0.3 is 0 Å². The maximum atomic E-state index is 3.93. The van der Waals surface area contributed by atoms with Gasteiger partial charge in [-0.3, -0.25) is 0 Å². The van der Waals surface area contributed by atoms with Gasteiger partial charge in [-0.25, -0.2) is 0 Å². The van der Waals surface area contributed by atoms with Gasteiger partial charge in [0.05, 0.1) is 0 Å². The van der Waals surface area contributed by atoms with Gasteiger partial charge in [-0.05, 0) is 18.7 Å². The Hall–Kier alpha value is -0.863. The maximum Gasteiger partial charge on any atom is 0.154 e. The van der Waals surface area contributed by atoms with Crippen LogP contribution >= 0.6 is 0 Å². The fourth-order valence-electron chi connectivity index (χ4n) is 1.29. The number of hydrogen-bond acceptors (Lipinski definition) is 1. The molecule has 0 spiro atoms. The van der Waals surface area contributed by atoms with Gasteiger partial charge in [-0.2, -0.15) is 0 Å². The fourth-order valence-corrected chi connectivity index (χ4v) is 2.48. The third kappa shape index (κ3) is 3.65. The molecule has 15 heavy (non-hydrogen) atoms. The van der Waals surface area contributed by atoms with Gasteiger partial charge < -0.3 is 4.57 Å². The van der Waals surface area contributed by atoms with E-state index in [0.717, 1.165) is 9.68 Å². The van der Waals surface area contributed by atoms with Gasteiger partial charge in [0.2, 0.25) is 0 Å². The Morgan fingerprint density at radius 3 is 2.33 bits per heavy atom. The first-order valence-electron chi connectivity index (χ1n) is 5.31. The molecule has 1 aromatic rings. The highest BCUT2D eigenvalue weighted by Gasteiger charge is 2.13. The Kier molecular flexibility index (Phi) is 4.79. The maximum absolute atomic E-state index is 3.93. The zero-order chi connectivity index (χ0) is 11.3. The molecule has 0 heterocycles. The predicted octanol–water partition coefficient (Wildman–Crippen LogP) is 2.87. The first-order valence-corrected chi connectivity index (χ1v) is 6.34. The van der Waals surface area contributed by atoms with Crippen LogP contribution in [0.15, 0.2) is 43.0 Å². The van der Waals surface area contributed by atoms with Crippen molar-refractivity contribution in [1.29, 1.82) is 0 Å². The number of nitrogens with zero attached hydrogens (tertiary/aromatic N) is 1. The molecule has 0 saturated heterocycles. The van der Waals surface area contributed by atoms with Crippen molar-refractivity contribution in [1.82, 2.24) is 4.57 Å². The average Bonchev–Trinajstić information content (AvgIpc) is 2.26. The van der Waals surface area contributed by atoms with Crippen LogP contribution in [-0.2, 0) is 0 Å². The first kappa shape index (κ1) is 12.2. The molecule has 80 valence electrons. The van der Waals surface area contributed by atoms with Crippen molar-refractivity contribution < 1.29 is 0 Å². The molecule has 1 aromatic carbocycles. The highest BCUT2D eigenvalue weighted by Crippen LogP contribution is 2.16. The van der Waals surface area contributed by atoms with Crippen LogP contribution in [0.3, 0.4) is 0 Å². The Bertz CT molecular complexity index is 295. The van der Waals surface area contributed by atoms with E-state index < -0.39 is 0 Å². The Balaban J connectivity index is 2.69. The molecule has 1 rings (SSSR count). The topological polar surface area (TPSA) is 3.24 Å². The average molecular weight is 217 g/mol. The SMILES string of the molecule is C=CC([Si]N(C)C(C)C)c1ccccc1. The second kappa shape index (κ2) is 5.88. The van der Waals surface area contributed by atoms with Crippen molar-refractivity contribution in [2.75, 3.05) is 7.05 Å². The summed E-state index contributed by atoms with van der Waals surface area (Å²) in [6.07, 6.45) is 2.05. The van der Waals surface area contributed by atoms with E-state index in [4.69, 9.17) is 0 Å². The molecule has 1 nitrogen and oxygen atoms in total. The summed E-state index contributed by atoms with van der Waals surface area (Å²) in [5, 5.41) is 0. The van der Waals surface area contributed by atoms with Crippen molar-refractivity contribution in [3.63, 3.8) is 0 Å². The van der Waals surface area contributed by atoms with Gasteiger partial charge in [0.1, 0.15) is 0 Å². The summed E-state index contributed by atoms with van der Waals surface area (Å²) in [7, 11) is 2.94. The molecule has 0 amide bonds. The lowest BCUT2D eigenvalue weighted by Crippen LogP contribution is -2.33. The molecule has 0 aliphatic rings. The minimum absolute atomic E-state index is 0.457. The molecule has 0 aromatic heterocycles. The summed E-state index contributed by atoms with van der Waals surface area (Å²) in [4.78, 5) is 0.